The van der Waals surface area contributed by atoms with Crippen molar-refractivity contribution in [3.8, 4) is 0 Å². The number of nitrogens with two attached hydrogens (primary N) is 1. The molecular weight excluding hydrogens is 642 g/mol. The van der Waals surface area contributed by atoms with Crippen LogP contribution in [-0.4, -0.2) is 97.6 Å². The number of alkyl halides is 2. The lowest BCUT2D eigenvalue weighted by atomic mass is 10.1. The van der Waals surface area contributed by atoms with E-state index < -0.39 is 77.5 Å². The molecule has 24 heteroatoms. The zero-order chi connectivity index (χ0) is 31.4. The van der Waals surface area contributed by atoms with E-state index in [1.165, 1.54) is 17.2 Å². The minimum absolute atomic E-state index is 0.0988. The average Bonchev–Trinajstić information content (AvgIpc) is 3.72. The topological polar surface area (TPSA) is 274 Å². The van der Waals surface area contributed by atoms with Crippen LogP contribution in [0.1, 0.15) is 18.9 Å². The highest BCUT2D eigenvalue weighted by molar-refractivity contribution is 7.47. The molecule has 2 aliphatic heterocycles. The fourth-order valence-electron chi connectivity index (χ4n) is 4.84. The van der Waals surface area contributed by atoms with Gasteiger partial charge in [0.1, 0.15) is 42.6 Å². The number of rotatable bonds is 10. The summed E-state index contributed by atoms with van der Waals surface area (Å²) < 4.78 is 82.7. The van der Waals surface area contributed by atoms with Crippen LogP contribution >= 0.6 is 15.6 Å². The number of nitrogens with one attached hydrogen (secondary N) is 1. The smallest absolute Gasteiger partial charge is 0.382 e. The van der Waals surface area contributed by atoms with Crippen molar-refractivity contribution in [2.75, 3.05) is 18.9 Å². The largest absolute Gasteiger partial charge is 0.472 e. The van der Waals surface area contributed by atoms with Gasteiger partial charge < -0.3 is 34.9 Å². The molecule has 20 nitrogen and oxygen atoms in total. The Labute approximate surface area is 243 Å². The number of anilines is 1. The number of halogens is 2. The Hall–Kier alpha value is -3.30. The monoisotopic (exact) mass is 665 g/mol. The first-order valence-electron chi connectivity index (χ1n) is 12.6. The first kappa shape index (κ1) is 30.7. The van der Waals surface area contributed by atoms with E-state index in [1.807, 2.05) is 0 Å². The lowest BCUT2D eigenvalue weighted by molar-refractivity contribution is -0.0509. The number of hydrogen-bond donors (Lipinski definition) is 5. The fraction of sp³-hybridized carbons (Fsp3) is 0.500. The van der Waals surface area contributed by atoms with Crippen LogP contribution in [0.15, 0.2) is 30.1 Å². The first-order valence-corrected chi connectivity index (χ1v) is 15.6. The van der Waals surface area contributed by atoms with Crippen LogP contribution in [0.25, 0.3) is 22.3 Å². The third-order valence-electron chi connectivity index (χ3n) is 6.83. The molecule has 6 rings (SSSR count). The SMILES string of the molecule is Nc1ncnc2c1ncn2[C@H]1C[C@@H](F)[C@@H](COP(=O)(O)O[C@H]2[C@@H](F)[C@H](n3cnc4c(=O)[nH]cnc43)O[C@@H]2COP(=O)(O)O)O1. The quantitative estimate of drug-likeness (QED) is 0.140. The van der Waals surface area contributed by atoms with E-state index >= 15 is 4.39 Å². The lowest BCUT2D eigenvalue weighted by Gasteiger charge is -2.23. The van der Waals surface area contributed by atoms with E-state index in [-0.39, 0.29) is 34.6 Å². The molecule has 6 heterocycles. The number of aromatic nitrogens is 8. The van der Waals surface area contributed by atoms with Gasteiger partial charge in [0.15, 0.2) is 35.0 Å². The van der Waals surface area contributed by atoms with Gasteiger partial charge in [-0.25, -0.2) is 42.8 Å². The summed E-state index contributed by atoms with van der Waals surface area (Å²) in [5.74, 6) is 0.0988. The van der Waals surface area contributed by atoms with Crippen LogP contribution < -0.4 is 11.3 Å². The molecule has 238 valence electrons. The van der Waals surface area contributed by atoms with E-state index in [9.17, 15) is 23.2 Å². The third kappa shape index (κ3) is 6.01. The third-order valence-corrected chi connectivity index (χ3v) is 8.30. The molecule has 0 amide bonds. The zero-order valence-corrected chi connectivity index (χ0v) is 23.7. The number of ether oxygens (including phenoxy) is 2. The number of H-pyrrole nitrogens is 1. The maximum Gasteiger partial charge on any atom is 0.472 e. The number of phosphoric ester groups is 2. The maximum absolute atomic E-state index is 15.7. The molecule has 0 aliphatic carbocycles. The lowest BCUT2D eigenvalue weighted by Crippen LogP contribution is -2.34. The van der Waals surface area contributed by atoms with Crippen LogP contribution in [0.5, 0.6) is 0 Å². The molecule has 0 spiro atoms. The molecule has 4 aromatic rings. The number of imidazole rings is 2. The number of nitrogen functional groups attached to an aromatic ring is 1. The average molecular weight is 665 g/mol. The van der Waals surface area contributed by atoms with Crippen molar-refractivity contribution >= 4 is 43.8 Å². The Morgan fingerprint density at radius 2 is 1.68 bits per heavy atom. The highest BCUT2D eigenvalue weighted by Crippen LogP contribution is 2.50. The van der Waals surface area contributed by atoms with Crippen molar-refractivity contribution in [2.24, 2.45) is 0 Å². The van der Waals surface area contributed by atoms with Crippen molar-refractivity contribution in [3.63, 3.8) is 0 Å². The summed E-state index contributed by atoms with van der Waals surface area (Å²) in [4.78, 5) is 62.7. The van der Waals surface area contributed by atoms with E-state index in [0.717, 1.165) is 17.2 Å². The minimum atomic E-state index is -5.21. The zero-order valence-electron chi connectivity index (χ0n) is 21.9. The molecule has 0 bridgehead atoms. The maximum atomic E-state index is 15.7. The number of hydrogen-bond acceptors (Lipinski definition) is 14. The van der Waals surface area contributed by atoms with Gasteiger partial charge in [0.2, 0.25) is 0 Å². The van der Waals surface area contributed by atoms with Gasteiger partial charge in [-0.3, -0.25) is 27.5 Å². The second kappa shape index (κ2) is 11.6. The van der Waals surface area contributed by atoms with Crippen LogP contribution in [-0.2, 0) is 32.2 Å². The van der Waals surface area contributed by atoms with E-state index in [1.54, 1.807) is 0 Å². The van der Waals surface area contributed by atoms with Gasteiger partial charge in [0.05, 0.1) is 32.2 Å². The molecular formula is C20H23F2N9O11P2. The van der Waals surface area contributed by atoms with Gasteiger partial charge in [0.25, 0.3) is 5.56 Å². The number of phosphoric acid groups is 2. The fourth-order valence-corrected chi connectivity index (χ4v) is 6.14. The minimum Gasteiger partial charge on any atom is -0.382 e. The Bertz CT molecular complexity index is 1840. The molecule has 1 unspecified atom stereocenters. The van der Waals surface area contributed by atoms with E-state index in [4.69, 9.17) is 34.0 Å². The first-order chi connectivity index (χ1) is 20.8. The molecule has 0 aromatic carbocycles. The standard InChI is InChI=1S/C20H23F2N9O11P2/c21-8-1-11(30-6-28-13-16(23)24-4-25-17(13)30)40-9(8)2-39-44(36,37)42-15-10(3-38-43(33,34)35)41-20(12(15)22)31-7-29-14-18(31)26-5-27-19(14)32/h4-12,15,20H,1-3H2,(H,36,37)(H2,23,24,25)(H,26,27,32)(H2,33,34,35)/t8-,9-,10-,11-,12-,15-,20-/m1/s1. The van der Waals surface area contributed by atoms with Crippen molar-refractivity contribution < 1.29 is 55.6 Å². The van der Waals surface area contributed by atoms with Gasteiger partial charge in [-0.1, -0.05) is 0 Å². The Morgan fingerprint density at radius 3 is 2.45 bits per heavy atom. The predicted molar refractivity (Wildman–Crippen MR) is 139 cm³/mol. The van der Waals surface area contributed by atoms with E-state index in [2.05, 4.69) is 34.4 Å². The summed E-state index contributed by atoms with van der Waals surface area (Å²) in [6.07, 6.45) is -7.34. The van der Waals surface area contributed by atoms with Crippen LogP contribution in [0.3, 0.4) is 0 Å². The molecule has 6 N–H and O–H groups in total. The summed E-state index contributed by atoms with van der Waals surface area (Å²) in [5.41, 5.74) is 5.36. The van der Waals surface area contributed by atoms with Crippen LogP contribution in [0, 0.1) is 0 Å². The molecule has 2 saturated heterocycles. The van der Waals surface area contributed by atoms with Crippen molar-refractivity contribution in [2.45, 2.75) is 49.5 Å². The van der Waals surface area contributed by atoms with Crippen molar-refractivity contribution in [1.82, 2.24) is 39.0 Å². The molecule has 4 aromatic heterocycles. The van der Waals surface area contributed by atoms with Gasteiger partial charge in [-0.05, 0) is 0 Å². The summed E-state index contributed by atoms with van der Waals surface area (Å²) in [6, 6.07) is 0. The summed E-state index contributed by atoms with van der Waals surface area (Å²) in [5, 5.41) is 0. The second-order valence-electron chi connectivity index (χ2n) is 9.65. The highest BCUT2D eigenvalue weighted by atomic mass is 31.2. The molecule has 2 fully saturated rings. The Morgan fingerprint density at radius 1 is 0.977 bits per heavy atom. The normalized spacial score (nSPS) is 29.1. The molecule has 2 aliphatic rings. The number of aromatic amines is 1. The van der Waals surface area contributed by atoms with Crippen LogP contribution in [0.4, 0.5) is 14.6 Å². The van der Waals surface area contributed by atoms with Crippen LogP contribution in [0.2, 0.25) is 0 Å². The Kier molecular flexibility index (Phi) is 8.07. The number of nitrogens with zero attached hydrogens (tertiary/aromatic N) is 7. The summed E-state index contributed by atoms with van der Waals surface area (Å²) in [6.45, 7) is -1.80. The van der Waals surface area contributed by atoms with Gasteiger partial charge >= 0.3 is 15.6 Å². The second-order valence-corrected chi connectivity index (χ2v) is 12.3. The highest BCUT2D eigenvalue weighted by Gasteiger charge is 2.51. The molecule has 0 radical (unpaired) electrons. The van der Waals surface area contributed by atoms with Gasteiger partial charge in [0, 0.05) is 6.42 Å². The molecule has 8 atom stereocenters. The summed E-state index contributed by atoms with van der Waals surface area (Å²) in [7, 11) is -10.3. The predicted octanol–water partition coefficient (Wildman–Crippen LogP) is 0.0143. The van der Waals surface area contributed by atoms with E-state index in [0.29, 0.717) is 0 Å². The van der Waals surface area contributed by atoms with Crippen molar-refractivity contribution in [1.29, 1.82) is 0 Å². The Balaban J connectivity index is 1.16. The number of fused-ring (bicyclic) bond motifs is 2. The van der Waals surface area contributed by atoms with Gasteiger partial charge in [-0.2, -0.15) is 0 Å². The van der Waals surface area contributed by atoms with Gasteiger partial charge in [-0.15, -0.1) is 0 Å². The summed E-state index contributed by atoms with van der Waals surface area (Å²) >= 11 is 0. The van der Waals surface area contributed by atoms with Crippen molar-refractivity contribution in [3.05, 3.63) is 35.7 Å². The molecule has 0 saturated carbocycles. The molecule has 44 heavy (non-hydrogen) atoms.